The van der Waals surface area contributed by atoms with Gasteiger partial charge in [0.25, 0.3) is 11.6 Å². The molecule has 6 nitrogen and oxygen atoms in total. The number of hydrogen-bond donors (Lipinski definition) is 1. The second-order valence-electron chi connectivity index (χ2n) is 4.80. The van der Waals surface area contributed by atoms with Gasteiger partial charge in [-0.25, -0.2) is 0 Å². The fourth-order valence-corrected chi connectivity index (χ4v) is 1.77. The Hall–Kier alpha value is -2.89. The molecule has 0 spiro atoms. The van der Waals surface area contributed by atoms with Crippen molar-refractivity contribution in [2.45, 2.75) is 13.5 Å². The van der Waals surface area contributed by atoms with E-state index >= 15 is 0 Å². The summed E-state index contributed by atoms with van der Waals surface area (Å²) in [7, 11) is 0. The van der Waals surface area contributed by atoms with Crippen LogP contribution in [0.5, 0.6) is 5.75 Å². The molecule has 2 rings (SSSR count). The zero-order chi connectivity index (χ0) is 15.9. The Morgan fingerprint density at radius 3 is 2.36 bits per heavy atom. The maximum atomic E-state index is 11.7. The summed E-state index contributed by atoms with van der Waals surface area (Å²) in [5, 5.41) is 13.3. The highest BCUT2D eigenvalue weighted by molar-refractivity contribution is 5.77. The number of nitrogens with zero attached hydrogens (tertiary/aromatic N) is 1. The summed E-state index contributed by atoms with van der Waals surface area (Å²) in [5.74, 6) is 0.162. The average Bonchev–Trinajstić information content (AvgIpc) is 2.52. The van der Waals surface area contributed by atoms with Gasteiger partial charge in [-0.2, -0.15) is 0 Å². The minimum Gasteiger partial charge on any atom is -0.484 e. The summed E-state index contributed by atoms with van der Waals surface area (Å²) in [6.45, 7) is 2.30. The van der Waals surface area contributed by atoms with Crippen LogP contribution in [0.4, 0.5) is 5.69 Å². The Labute approximate surface area is 127 Å². The Kier molecular flexibility index (Phi) is 5.08. The maximum absolute atomic E-state index is 11.7. The molecule has 0 radical (unpaired) electrons. The van der Waals surface area contributed by atoms with Crippen LogP contribution in [0.25, 0.3) is 0 Å². The van der Waals surface area contributed by atoms with Crippen LogP contribution in [0.3, 0.4) is 0 Å². The van der Waals surface area contributed by atoms with E-state index in [2.05, 4.69) is 5.32 Å². The minimum atomic E-state index is -0.488. The van der Waals surface area contributed by atoms with Crippen molar-refractivity contribution in [1.82, 2.24) is 5.32 Å². The van der Waals surface area contributed by atoms with E-state index in [4.69, 9.17) is 4.74 Å². The van der Waals surface area contributed by atoms with Crippen molar-refractivity contribution in [3.63, 3.8) is 0 Å². The van der Waals surface area contributed by atoms with Crippen molar-refractivity contribution in [3.05, 3.63) is 69.8 Å². The zero-order valence-corrected chi connectivity index (χ0v) is 12.1. The van der Waals surface area contributed by atoms with E-state index < -0.39 is 4.92 Å². The molecule has 0 heterocycles. The summed E-state index contributed by atoms with van der Waals surface area (Å²) in [5.41, 5.74) is 2.15. The molecule has 0 aliphatic carbocycles. The van der Waals surface area contributed by atoms with Crippen molar-refractivity contribution in [3.8, 4) is 5.75 Å². The number of carbonyl (C=O) groups is 1. The molecule has 0 aliphatic heterocycles. The van der Waals surface area contributed by atoms with Gasteiger partial charge < -0.3 is 10.1 Å². The summed E-state index contributed by atoms with van der Waals surface area (Å²) in [6, 6.07) is 13.5. The number of nitrogens with one attached hydrogen (secondary N) is 1. The SMILES string of the molecule is Cc1ccc(CNC(=O)COc2ccc([N+](=O)[O-])cc2)cc1. The number of hydrogen-bond acceptors (Lipinski definition) is 4. The summed E-state index contributed by atoms with van der Waals surface area (Å²) < 4.78 is 5.28. The lowest BCUT2D eigenvalue weighted by atomic mass is 10.1. The largest absolute Gasteiger partial charge is 0.484 e. The van der Waals surface area contributed by atoms with Gasteiger partial charge >= 0.3 is 0 Å². The molecule has 0 saturated heterocycles. The quantitative estimate of drug-likeness (QED) is 0.656. The number of nitro groups is 1. The van der Waals surface area contributed by atoms with Crippen LogP contribution in [0, 0.1) is 17.0 Å². The predicted molar refractivity (Wildman–Crippen MR) is 81.6 cm³/mol. The lowest BCUT2D eigenvalue weighted by molar-refractivity contribution is -0.384. The van der Waals surface area contributed by atoms with Gasteiger partial charge in [-0.15, -0.1) is 0 Å². The smallest absolute Gasteiger partial charge is 0.269 e. The van der Waals surface area contributed by atoms with Crippen LogP contribution in [0.2, 0.25) is 0 Å². The third-order valence-corrected chi connectivity index (χ3v) is 3.03. The molecule has 2 aromatic rings. The minimum absolute atomic E-state index is 0.0174. The van der Waals surface area contributed by atoms with Crippen LogP contribution >= 0.6 is 0 Å². The summed E-state index contributed by atoms with van der Waals surface area (Å²) in [4.78, 5) is 21.7. The highest BCUT2D eigenvalue weighted by Crippen LogP contribution is 2.17. The van der Waals surface area contributed by atoms with Gasteiger partial charge in [-0.05, 0) is 24.6 Å². The van der Waals surface area contributed by atoms with E-state index in [0.717, 1.165) is 11.1 Å². The third kappa shape index (κ3) is 4.59. The Balaban J connectivity index is 1.77. The monoisotopic (exact) mass is 300 g/mol. The van der Waals surface area contributed by atoms with Gasteiger partial charge in [-0.1, -0.05) is 29.8 Å². The Morgan fingerprint density at radius 2 is 1.77 bits per heavy atom. The van der Waals surface area contributed by atoms with E-state index in [-0.39, 0.29) is 18.2 Å². The molecule has 0 aromatic heterocycles. The van der Waals surface area contributed by atoms with E-state index in [9.17, 15) is 14.9 Å². The molecular weight excluding hydrogens is 284 g/mol. The normalized spacial score (nSPS) is 10.0. The van der Waals surface area contributed by atoms with Crippen molar-refractivity contribution in [2.75, 3.05) is 6.61 Å². The van der Waals surface area contributed by atoms with Crippen LogP contribution in [0.15, 0.2) is 48.5 Å². The first-order valence-electron chi connectivity index (χ1n) is 6.74. The Bertz CT molecular complexity index is 651. The first-order chi connectivity index (χ1) is 10.5. The topological polar surface area (TPSA) is 81.5 Å². The van der Waals surface area contributed by atoms with Gasteiger partial charge in [0.15, 0.2) is 6.61 Å². The molecule has 1 N–H and O–H groups in total. The van der Waals surface area contributed by atoms with Gasteiger partial charge in [0.05, 0.1) is 4.92 Å². The van der Waals surface area contributed by atoms with Crippen molar-refractivity contribution < 1.29 is 14.5 Å². The van der Waals surface area contributed by atoms with E-state index in [1.165, 1.54) is 24.3 Å². The Morgan fingerprint density at radius 1 is 1.14 bits per heavy atom. The average molecular weight is 300 g/mol. The molecule has 114 valence electrons. The lowest BCUT2D eigenvalue weighted by Crippen LogP contribution is -2.28. The van der Waals surface area contributed by atoms with E-state index in [1.54, 1.807) is 0 Å². The number of nitro benzene ring substituents is 1. The van der Waals surface area contributed by atoms with Crippen LogP contribution in [-0.2, 0) is 11.3 Å². The number of benzene rings is 2. The highest BCUT2D eigenvalue weighted by atomic mass is 16.6. The fraction of sp³-hybridized carbons (Fsp3) is 0.188. The molecule has 0 aliphatic rings. The first kappa shape index (κ1) is 15.5. The molecular formula is C16H16N2O4. The number of amides is 1. The number of rotatable bonds is 6. The standard InChI is InChI=1S/C16H16N2O4/c1-12-2-4-13(5-3-12)10-17-16(19)11-22-15-8-6-14(7-9-15)18(20)21/h2-9H,10-11H2,1H3,(H,17,19). The third-order valence-electron chi connectivity index (χ3n) is 3.03. The molecule has 2 aromatic carbocycles. The zero-order valence-electron chi connectivity index (χ0n) is 12.1. The molecule has 0 saturated carbocycles. The lowest BCUT2D eigenvalue weighted by Gasteiger charge is -2.07. The van der Waals surface area contributed by atoms with Crippen molar-refractivity contribution in [2.24, 2.45) is 0 Å². The van der Waals surface area contributed by atoms with Crippen LogP contribution in [-0.4, -0.2) is 17.4 Å². The summed E-state index contributed by atoms with van der Waals surface area (Å²) >= 11 is 0. The summed E-state index contributed by atoms with van der Waals surface area (Å²) in [6.07, 6.45) is 0. The molecule has 0 fully saturated rings. The molecule has 0 atom stereocenters. The second-order valence-corrected chi connectivity index (χ2v) is 4.80. The van der Waals surface area contributed by atoms with Crippen molar-refractivity contribution >= 4 is 11.6 Å². The maximum Gasteiger partial charge on any atom is 0.269 e. The predicted octanol–water partition coefficient (Wildman–Crippen LogP) is 2.60. The number of carbonyl (C=O) groups excluding carboxylic acids is 1. The second kappa shape index (κ2) is 7.21. The van der Waals surface area contributed by atoms with E-state index in [1.807, 2.05) is 31.2 Å². The number of ether oxygens (including phenoxy) is 1. The van der Waals surface area contributed by atoms with Crippen molar-refractivity contribution in [1.29, 1.82) is 0 Å². The van der Waals surface area contributed by atoms with Gasteiger partial charge in [-0.3, -0.25) is 14.9 Å². The molecule has 0 unspecified atom stereocenters. The van der Waals surface area contributed by atoms with Crippen LogP contribution in [0.1, 0.15) is 11.1 Å². The number of non-ortho nitro benzene ring substituents is 1. The van der Waals surface area contributed by atoms with Gasteiger partial charge in [0.1, 0.15) is 5.75 Å². The van der Waals surface area contributed by atoms with E-state index in [0.29, 0.717) is 12.3 Å². The molecule has 1 amide bonds. The van der Waals surface area contributed by atoms with Gasteiger partial charge in [0.2, 0.25) is 0 Å². The molecule has 6 heteroatoms. The highest BCUT2D eigenvalue weighted by Gasteiger charge is 2.06. The van der Waals surface area contributed by atoms with Gasteiger partial charge in [0, 0.05) is 18.7 Å². The first-order valence-corrected chi connectivity index (χ1v) is 6.74. The fourth-order valence-electron chi connectivity index (χ4n) is 1.77. The number of aryl methyl sites for hydroxylation is 1. The van der Waals surface area contributed by atoms with Crippen LogP contribution < -0.4 is 10.1 Å². The molecule has 0 bridgehead atoms. The molecule has 22 heavy (non-hydrogen) atoms.